The van der Waals surface area contributed by atoms with Crippen LogP contribution in [-0.4, -0.2) is 22.4 Å². The summed E-state index contributed by atoms with van der Waals surface area (Å²) in [7, 11) is 0. The fourth-order valence-corrected chi connectivity index (χ4v) is 7.35. The molecule has 4 saturated carbocycles. The van der Waals surface area contributed by atoms with E-state index in [-0.39, 0.29) is 17.6 Å². The van der Waals surface area contributed by atoms with Gasteiger partial charge in [0, 0.05) is 0 Å². The molecule has 0 aromatic rings. The predicted molar refractivity (Wildman–Crippen MR) is 83.7 cm³/mol. The summed E-state index contributed by atoms with van der Waals surface area (Å²) in [6.45, 7) is 4.85. The number of aliphatic hydroxyl groups excluding tert-OH is 2. The molecule has 0 spiro atoms. The molecule has 0 aliphatic heterocycles. The lowest BCUT2D eigenvalue weighted by Crippen LogP contribution is -2.55. The van der Waals surface area contributed by atoms with E-state index in [2.05, 4.69) is 13.8 Å². The molecule has 0 amide bonds. The molecule has 21 heavy (non-hydrogen) atoms. The predicted octanol–water partition coefficient (Wildman–Crippen LogP) is 3.75. The Hall–Kier alpha value is -0.0800. The molecule has 2 nitrogen and oxygen atoms in total. The second kappa shape index (κ2) is 4.71. The maximum absolute atomic E-state index is 10.5. The zero-order chi connectivity index (χ0) is 14.8. The lowest BCUT2D eigenvalue weighted by atomic mass is 9.45. The summed E-state index contributed by atoms with van der Waals surface area (Å²) in [6.07, 6.45) is 10.7. The highest BCUT2D eigenvalue weighted by Gasteiger charge is 2.60. The van der Waals surface area contributed by atoms with Gasteiger partial charge in [0.05, 0.1) is 12.2 Å². The van der Waals surface area contributed by atoms with E-state index in [1.54, 1.807) is 0 Å². The highest BCUT2D eigenvalue weighted by Crippen LogP contribution is 2.66. The quantitative estimate of drug-likeness (QED) is 0.714. The van der Waals surface area contributed by atoms with Gasteiger partial charge in [-0.3, -0.25) is 0 Å². The van der Waals surface area contributed by atoms with Gasteiger partial charge in [0.15, 0.2) is 0 Å². The van der Waals surface area contributed by atoms with Gasteiger partial charge in [-0.25, -0.2) is 0 Å². The van der Waals surface area contributed by atoms with E-state index < -0.39 is 0 Å². The van der Waals surface area contributed by atoms with Gasteiger partial charge in [-0.05, 0) is 85.9 Å². The highest BCUT2D eigenvalue weighted by atomic mass is 16.3. The normalized spacial score (nSPS) is 60.0. The Morgan fingerprint density at radius 3 is 2.24 bits per heavy atom. The summed E-state index contributed by atoms with van der Waals surface area (Å²) in [4.78, 5) is 0. The van der Waals surface area contributed by atoms with E-state index in [1.165, 1.54) is 44.9 Å². The summed E-state index contributed by atoms with van der Waals surface area (Å²) in [5.41, 5.74) is 0.563. The molecule has 0 bridgehead atoms. The van der Waals surface area contributed by atoms with E-state index in [1.807, 2.05) is 0 Å². The smallest absolute Gasteiger partial charge is 0.0596 e. The average molecular weight is 292 g/mol. The third-order valence-electron chi connectivity index (χ3n) is 8.57. The van der Waals surface area contributed by atoms with Crippen molar-refractivity contribution in [3.05, 3.63) is 0 Å². The molecule has 4 fully saturated rings. The Kier molecular flexibility index (Phi) is 3.25. The van der Waals surface area contributed by atoms with E-state index in [0.717, 1.165) is 30.6 Å². The van der Waals surface area contributed by atoms with Crippen LogP contribution in [0.4, 0.5) is 0 Å². The Morgan fingerprint density at radius 1 is 0.714 bits per heavy atom. The van der Waals surface area contributed by atoms with Crippen LogP contribution in [0.15, 0.2) is 0 Å². The molecule has 4 rings (SSSR count). The lowest BCUT2D eigenvalue weighted by Gasteiger charge is -2.61. The highest BCUT2D eigenvalue weighted by molar-refractivity contribution is 5.09. The largest absolute Gasteiger partial charge is 0.393 e. The summed E-state index contributed by atoms with van der Waals surface area (Å²) in [5.74, 6) is 2.90. The fraction of sp³-hybridized carbons (Fsp3) is 1.00. The van der Waals surface area contributed by atoms with Gasteiger partial charge >= 0.3 is 0 Å². The van der Waals surface area contributed by atoms with Gasteiger partial charge in [0.1, 0.15) is 0 Å². The van der Waals surface area contributed by atoms with Crippen molar-refractivity contribution in [2.24, 2.45) is 34.5 Å². The van der Waals surface area contributed by atoms with Crippen molar-refractivity contribution in [1.82, 2.24) is 0 Å². The maximum atomic E-state index is 10.5. The van der Waals surface area contributed by atoms with Crippen LogP contribution in [0, 0.1) is 34.5 Å². The summed E-state index contributed by atoms with van der Waals surface area (Å²) < 4.78 is 0. The molecule has 0 aromatic heterocycles. The monoisotopic (exact) mass is 292 g/mol. The maximum Gasteiger partial charge on any atom is 0.0596 e. The third kappa shape index (κ3) is 1.84. The van der Waals surface area contributed by atoms with Crippen LogP contribution in [-0.2, 0) is 0 Å². The minimum atomic E-state index is -0.0640. The van der Waals surface area contributed by atoms with Gasteiger partial charge in [0.25, 0.3) is 0 Å². The van der Waals surface area contributed by atoms with Gasteiger partial charge in [-0.1, -0.05) is 20.3 Å². The van der Waals surface area contributed by atoms with Crippen molar-refractivity contribution < 1.29 is 10.2 Å². The molecule has 0 aromatic carbocycles. The van der Waals surface area contributed by atoms with Gasteiger partial charge < -0.3 is 10.2 Å². The molecule has 0 radical (unpaired) electrons. The minimum Gasteiger partial charge on any atom is -0.393 e. The van der Waals surface area contributed by atoms with Gasteiger partial charge in [0.2, 0.25) is 0 Å². The summed E-state index contributed by atoms with van der Waals surface area (Å²) in [6, 6.07) is 0. The Balaban J connectivity index is 1.65. The zero-order valence-electron chi connectivity index (χ0n) is 13.7. The van der Waals surface area contributed by atoms with E-state index in [9.17, 15) is 10.2 Å². The summed E-state index contributed by atoms with van der Waals surface area (Å²) >= 11 is 0. The molecule has 2 N–H and O–H groups in total. The number of hydrogen-bond acceptors (Lipinski definition) is 2. The van der Waals surface area contributed by atoms with Crippen molar-refractivity contribution in [2.45, 2.75) is 83.8 Å². The Morgan fingerprint density at radius 2 is 1.43 bits per heavy atom. The van der Waals surface area contributed by atoms with Crippen LogP contribution < -0.4 is 0 Å². The Labute approximate surface area is 129 Å². The number of hydrogen-bond donors (Lipinski definition) is 2. The van der Waals surface area contributed by atoms with Crippen molar-refractivity contribution in [3.63, 3.8) is 0 Å². The van der Waals surface area contributed by atoms with Crippen molar-refractivity contribution in [2.75, 3.05) is 0 Å². The van der Waals surface area contributed by atoms with Crippen LogP contribution in [0.3, 0.4) is 0 Å². The standard InChI is InChI=1S/C19H32O2/c1-18-10-3-4-16(20)15(18)6-5-12-13-7-8-17(21)19(13,2)11-9-14(12)18/h12-17,20-21H,3-11H2,1-2H3/t12-,13-,14+,15?,16?,17?,18+,19-/m0/s1. The van der Waals surface area contributed by atoms with E-state index in [0.29, 0.717) is 11.3 Å². The first-order chi connectivity index (χ1) is 9.97. The molecule has 4 aliphatic rings. The number of fused-ring (bicyclic) bond motifs is 5. The SMILES string of the molecule is C[C@]12CCCC(O)C1CC[C@@H]1[C@H]2CC[C@]2(C)C(O)CC[C@@H]12. The lowest BCUT2D eigenvalue weighted by molar-refractivity contribution is -0.149. The molecular formula is C19H32O2. The minimum absolute atomic E-state index is 0.0489. The summed E-state index contributed by atoms with van der Waals surface area (Å²) in [5, 5.41) is 21.0. The molecular weight excluding hydrogens is 260 g/mol. The molecule has 0 saturated heterocycles. The molecule has 0 heterocycles. The molecule has 3 unspecified atom stereocenters. The van der Waals surface area contributed by atoms with E-state index in [4.69, 9.17) is 0 Å². The molecule has 120 valence electrons. The second-order valence-corrected chi connectivity index (χ2v) is 9.16. The molecule has 2 heteroatoms. The molecule has 8 atom stereocenters. The van der Waals surface area contributed by atoms with Gasteiger partial charge in [-0.15, -0.1) is 0 Å². The van der Waals surface area contributed by atoms with Crippen LogP contribution in [0.5, 0.6) is 0 Å². The van der Waals surface area contributed by atoms with Crippen molar-refractivity contribution in [1.29, 1.82) is 0 Å². The first kappa shape index (κ1) is 14.5. The average Bonchev–Trinajstić information content (AvgIpc) is 2.75. The number of rotatable bonds is 0. The first-order valence-electron chi connectivity index (χ1n) is 9.33. The zero-order valence-corrected chi connectivity index (χ0v) is 13.7. The van der Waals surface area contributed by atoms with E-state index >= 15 is 0 Å². The van der Waals surface area contributed by atoms with Crippen LogP contribution in [0.1, 0.15) is 71.6 Å². The third-order valence-corrected chi connectivity index (χ3v) is 8.57. The van der Waals surface area contributed by atoms with Crippen molar-refractivity contribution in [3.8, 4) is 0 Å². The second-order valence-electron chi connectivity index (χ2n) is 9.16. The molecule has 4 aliphatic carbocycles. The van der Waals surface area contributed by atoms with Gasteiger partial charge in [-0.2, -0.15) is 0 Å². The van der Waals surface area contributed by atoms with Crippen LogP contribution >= 0.6 is 0 Å². The van der Waals surface area contributed by atoms with Crippen LogP contribution in [0.25, 0.3) is 0 Å². The van der Waals surface area contributed by atoms with Crippen molar-refractivity contribution >= 4 is 0 Å². The Bertz CT molecular complexity index is 422. The number of aliphatic hydroxyl groups is 2. The fourth-order valence-electron chi connectivity index (χ4n) is 7.35. The van der Waals surface area contributed by atoms with Crippen LogP contribution in [0.2, 0.25) is 0 Å². The first-order valence-corrected chi connectivity index (χ1v) is 9.33. The topological polar surface area (TPSA) is 40.5 Å².